The summed E-state index contributed by atoms with van der Waals surface area (Å²) in [5.41, 5.74) is 1.05. The minimum absolute atomic E-state index is 0.0242. The van der Waals surface area contributed by atoms with Crippen molar-refractivity contribution in [2.24, 2.45) is 0 Å². The van der Waals surface area contributed by atoms with Gasteiger partial charge < -0.3 is 9.84 Å². The highest BCUT2D eigenvalue weighted by Gasteiger charge is 2.48. The normalized spacial score (nSPS) is 17.6. The van der Waals surface area contributed by atoms with Crippen molar-refractivity contribution in [3.8, 4) is 5.75 Å². The summed E-state index contributed by atoms with van der Waals surface area (Å²) in [5, 5.41) is 12.9. The van der Waals surface area contributed by atoms with E-state index in [1.807, 2.05) is 19.9 Å². The number of carbonyl (C=O) groups excluding carboxylic acids is 2. The molecule has 0 bridgehead atoms. The van der Waals surface area contributed by atoms with Crippen LogP contribution in [0.2, 0.25) is 0 Å². The highest BCUT2D eigenvalue weighted by atomic mass is 32.1. The highest BCUT2D eigenvalue weighted by Crippen LogP contribution is 2.45. The largest absolute Gasteiger partial charge is 0.507 e. The van der Waals surface area contributed by atoms with Crippen LogP contribution in [0.5, 0.6) is 5.75 Å². The Bertz CT molecular complexity index is 1250. The average molecular weight is 470 g/mol. The van der Waals surface area contributed by atoms with Crippen LogP contribution in [0.1, 0.15) is 35.4 Å². The third-order valence-electron chi connectivity index (χ3n) is 5.38. The van der Waals surface area contributed by atoms with Gasteiger partial charge in [-0.3, -0.25) is 14.5 Å². The van der Waals surface area contributed by atoms with Crippen LogP contribution < -0.4 is 9.64 Å². The van der Waals surface area contributed by atoms with Crippen LogP contribution in [-0.4, -0.2) is 23.4 Å². The van der Waals surface area contributed by atoms with E-state index in [0.29, 0.717) is 22.8 Å². The van der Waals surface area contributed by atoms with E-state index in [2.05, 4.69) is 0 Å². The molecule has 2 heterocycles. The molecular weight excluding hydrogens is 448 g/mol. The van der Waals surface area contributed by atoms with Gasteiger partial charge in [-0.25, -0.2) is 8.78 Å². The summed E-state index contributed by atoms with van der Waals surface area (Å²) in [5.74, 6) is -3.77. The van der Waals surface area contributed by atoms with Gasteiger partial charge in [0.15, 0.2) is 11.6 Å². The van der Waals surface area contributed by atoms with Gasteiger partial charge in [0.1, 0.15) is 17.6 Å². The monoisotopic (exact) mass is 469 g/mol. The van der Waals surface area contributed by atoms with Crippen LogP contribution in [-0.2, 0) is 9.59 Å². The Morgan fingerprint density at radius 3 is 2.42 bits per heavy atom. The molecule has 1 fully saturated rings. The van der Waals surface area contributed by atoms with Gasteiger partial charge in [-0.15, -0.1) is 11.3 Å². The molecule has 4 rings (SSSR count). The second-order valence-corrected chi connectivity index (χ2v) is 8.56. The van der Waals surface area contributed by atoms with Gasteiger partial charge in [0.25, 0.3) is 11.7 Å². The van der Waals surface area contributed by atoms with E-state index in [4.69, 9.17) is 4.74 Å². The van der Waals surface area contributed by atoms with Crippen molar-refractivity contribution in [2.45, 2.75) is 26.3 Å². The number of ketones is 1. The lowest BCUT2D eigenvalue weighted by atomic mass is 9.98. The minimum atomic E-state index is -1.14. The molecule has 1 atom stereocenters. The average Bonchev–Trinajstić information content (AvgIpc) is 3.34. The Kier molecular flexibility index (Phi) is 6.29. The predicted molar refractivity (Wildman–Crippen MR) is 122 cm³/mol. The van der Waals surface area contributed by atoms with Gasteiger partial charge in [-0.05, 0) is 66.8 Å². The van der Waals surface area contributed by atoms with Crippen LogP contribution in [0.25, 0.3) is 5.76 Å². The van der Waals surface area contributed by atoms with E-state index in [9.17, 15) is 23.5 Å². The standard InChI is InChI=1S/C25H21F2NO4S/c1-3-11-32-17-7-4-15(5-8-17)22(29)20-21(24-14(2)10-12-33-24)28(25(31)23(20)30)16-6-9-18(26)19(27)13-16/h4-10,12-13,21,29H,3,11H2,1-2H3/b22-20-. The molecular formula is C25H21F2NO4S. The summed E-state index contributed by atoms with van der Waals surface area (Å²) >= 11 is 1.31. The molecule has 1 aliphatic heterocycles. The molecule has 8 heteroatoms. The molecule has 0 aliphatic carbocycles. The van der Waals surface area contributed by atoms with Gasteiger partial charge in [0.05, 0.1) is 12.2 Å². The third-order valence-corrected chi connectivity index (χ3v) is 6.45. The van der Waals surface area contributed by atoms with E-state index < -0.39 is 29.4 Å². The van der Waals surface area contributed by atoms with Gasteiger partial charge in [-0.1, -0.05) is 6.92 Å². The summed E-state index contributed by atoms with van der Waals surface area (Å²) in [6.45, 7) is 4.35. The van der Waals surface area contributed by atoms with Crippen LogP contribution in [0.4, 0.5) is 14.5 Å². The number of Topliss-reactive ketones (excluding diaryl/α,β-unsaturated/α-hetero) is 1. The number of nitrogens with zero attached hydrogens (tertiary/aromatic N) is 1. The quantitative estimate of drug-likeness (QED) is 0.284. The summed E-state index contributed by atoms with van der Waals surface area (Å²) in [4.78, 5) is 27.9. The molecule has 1 amide bonds. The Labute approximate surface area is 193 Å². The molecule has 1 saturated heterocycles. The number of ether oxygens (including phenoxy) is 1. The van der Waals surface area contributed by atoms with Gasteiger partial charge >= 0.3 is 0 Å². The molecule has 170 valence electrons. The third kappa shape index (κ3) is 4.14. The SMILES string of the molecule is CCCOc1ccc(/C(O)=C2/C(=O)C(=O)N(c3ccc(F)c(F)c3)C2c2sccc2C)cc1. The predicted octanol–water partition coefficient (Wildman–Crippen LogP) is 5.75. The number of aliphatic hydroxyl groups is 1. The maximum atomic E-state index is 14.0. The summed E-state index contributed by atoms with van der Waals surface area (Å²) < 4.78 is 33.1. The Hall–Kier alpha value is -3.52. The molecule has 1 aliphatic rings. The fourth-order valence-electron chi connectivity index (χ4n) is 3.73. The zero-order valence-electron chi connectivity index (χ0n) is 18.0. The number of aliphatic hydroxyl groups excluding tert-OH is 1. The number of hydrogen-bond donors (Lipinski definition) is 1. The number of anilines is 1. The van der Waals surface area contributed by atoms with Crippen molar-refractivity contribution in [1.82, 2.24) is 0 Å². The van der Waals surface area contributed by atoms with Crippen molar-refractivity contribution in [2.75, 3.05) is 11.5 Å². The number of rotatable bonds is 6. The number of benzene rings is 2. The molecule has 2 aromatic carbocycles. The fourth-order valence-corrected chi connectivity index (χ4v) is 4.76. The lowest BCUT2D eigenvalue weighted by molar-refractivity contribution is -0.132. The van der Waals surface area contributed by atoms with Gasteiger partial charge in [-0.2, -0.15) is 0 Å². The first-order chi connectivity index (χ1) is 15.8. The Morgan fingerprint density at radius 2 is 1.82 bits per heavy atom. The first-order valence-electron chi connectivity index (χ1n) is 10.4. The van der Waals surface area contributed by atoms with E-state index in [0.717, 1.165) is 29.0 Å². The van der Waals surface area contributed by atoms with E-state index in [1.165, 1.54) is 17.4 Å². The number of halogens is 2. The van der Waals surface area contributed by atoms with Gasteiger partial charge in [0, 0.05) is 22.2 Å². The minimum Gasteiger partial charge on any atom is -0.507 e. The maximum absolute atomic E-state index is 14.0. The van der Waals surface area contributed by atoms with E-state index >= 15 is 0 Å². The van der Waals surface area contributed by atoms with Crippen LogP contribution >= 0.6 is 11.3 Å². The zero-order chi connectivity index (χ0) is 23.7. The first kappa shape index (κ1) is 22.7. The topological polar surface area (TPSA) is 66.8 Å². The smallest absolute Gasteiger partial charge is 0.300 e. The second kappa shape index (κ2) is 9.15. The summed E-state index contributed by atoms with van der Waals surface area (Å²) in [6.07, 6.45) is 0.843. The molecule has 1 unspecified atom stereocenters. The zero-order valence-corrected chi connectivity index (χ0v) is 18.8. The van der Waals surface area contributed by atoms with E-state index in [-0.39, 0.29) is 17.0 Å². The lowest BCUT2D eigenvalue weighted by Gasteiger charge is -2.25. The number of carbonyl (C=O) groups is 2. The first-order valence-corrected chi connectivity index (χ1v) is 11.2. The Morgan fingerprint density at radius 1 is 1.09 bits per heavy atom. The van der Waals surface area contributed by atoms with Crippen LogP contribution in [0.15, 0.2) is 59.5 Å². The van der Waals surface area contributed by atoms with Crippen molar-refractivity contribution in [3.05, 3.63) is 87.1 Å². The number of amides is 1. The summed E-state index contributed by atoms with van der Waals surface area (Å²) in [7, 11) is 0. The van der Waals surface area contributed by atoms with Crippen molar-refractivity contribution >= 4 is 34.5 Å². The van der Waals surface area contributed by atoms with Gasteiger partial charge in [0.2, 0.25) is 0 Å². The molecule has 5 nitrogen and oxygen atoms in total. The molecule has 3 aromatic rings. The summed E-state index contributed by atoms with van der Waals surface area (Å²) in [6, 6.07) is 10.4. The second-order valence-electron chi connectivity index (χ2n) is 7.61. The van der Waals surface area contributed by atoms with Crippen molar-refractivity contribution in [3.63, 3.8) is 0 Å². The molecule has 0 saturated carbocycles. The fraction of sp³-hybridized carbons (Fsp3) is 0.200. The number of hydrogen-bond acceptors (Lipinski definition) is 5. The molecule has 33 heavy (non-hydrogen) atoms. The van der Waals surface area contributed by atoms with Crippen molar-refractivity contribution in [1.29, 1.82) is 0 Å². The molecule has 0 radical (unpaired) electrons. The molecule has 1 N–H and O–H groups in total. The molecule has 1 aromatic heterocycles. The van der Waals surface area contributed by atoms with Crippen molar-refractivity contribution < 1.29 is 28.2 Å². The highest BCUT2D eigenvalue weighted by molar-refractivity contribution is 7.10. The number of thiophene rings is 1. The van der Waals surface area contributed by atoms with Crippen LogP contribution in [0.3, 0.4) is 0 Å². The van der Waals surface area contributed by atoms with E-state index in [1.54, 1.807) is 29.6 Å². The Balaban J connectivity index is 1.85. The maximum Gasteiger partial charge on any atom is 0.300 e. The lowest BCUT2D eigenvalue weighted by Crippen LogP contribution is -2.29. The molecule has 0 spiro atoms. The number of aryl methyl sites for hydroxylation is 1. The van der Waals surface area contributed by atoms with Crippen LogP contribution in [0, 0.1) is 18.6 Å².